The second-order valence-electron chi connectivity index (χ2n) is 6.33. The Kier molecular flexibility index (Phi) is 4.50. The molecule has 1 aromatic rings. The Morgan fingerprint density at radius 3 is 2.87 bits per heavy atom. The minimum absolute atomic E-state index is 0.202. The van der Waals surface area contributed by atoms with Gasteiger partial charge in [-0.15, -0.1) is 0 Å². The van der Waals surface area contributed by atoms with Crippen LogP contribution in [0.3, 0.4) is 0 Å². The Morgan fingerprint density at radius 2 is 2.09 bits per heavy atom. The van der Waals surface area contributed by atoms with Crippen molar-refractivity contribution in [1.29, 1.82) is 0 Å². The van der Waals surface area contributed by atoms with Crippen molar-refractivity contribution < 1.29 is 19.1 Å². The number of hydrogen-bond acceptors (Lipinski definition) is 2. The summed E-state index contributed by atoms with van der Waals surface area (Å²) in [5, 5.41) is 12.1. The van der Waals surface area contributed by atoms with E-state index in [9.17, 15) is 14.0 Å². The van der Waals surface area contributed by atoms with Gasteiger partial charge in [-0.25, -0.2) is 9.18 Å². The number of rotatable bonds is 2. The standard InChI is InChI=1S/C17H21FN2O3/c18-14-7-1-6-13-12(14)5-2-8-15(13)19-17(23)20-9-3-4-11(10-20)16(21)22/h1,6-7,11,15H,2-5,8-10H2,(H,19,23)(H,21,22). The van der Waals surface area contributed by atoms with Crippen LogP contribution in [0.5, 0.6) is 0 Å². The van der Waals surface area contributed by atoms with Gasteiger partial charge in [0, 0.05) is 13.1 Å². The SMILES string of the molecule is O=C(O)C1CCCN(C(=O)NC2CCCc3c(F)cccc32)C1. The van der Waals surface area contributed by atoms with E-state index in [1.165, 1.54) is 6.07 Å². The van der Waals surface area contributed by atoms with Crippen LogP contribution in [0.2, 0.25) is 0 Å². The fourth-order valence-electron chi connectivity index (χ4n) is 3.56. The van der Waals surface area contributed by atoms with Gasteiger partial charge in [-0.2, -0.15) is 0 Å². The quantitative estimate of drug-likeness (QED) is 0.880. The van der Waals surface area contributed by atoms with Gasteiger partial charge in [0.2, 0.25) is 0 Å². The number of halogens is 1. The number of hydrogen-bond donors (Lipinski definition) is 2. The van der Waals surface area contributed by atoms with Crippen molar-refractivity contribution in [3.8, 4) is 0 Å². The third-order valence-electron chi connectivity index (χ3n) is 4.81. The van der Waals surface area contributed by atoms with Crippen LogP contribution in [-0.4, -0.2) is 35.1 Å². The molecule has 1 heterocycles. The number of carbonyl (C=O) groups is 2. The molecular weight excluding hydrogens is 299 g/mol. The number of fused-ring (bicyclic) bond motifs is 1. The monoisotopic (exact) mass is 320 g/mol. The highest BCUT2D eigenvalue weighted by Gasteiger charge is 2.30. The van der Waals surface area contributed by atoms with Crippen molar-refractivity contribution in [3.63, 3.8) is 0 Å². The van der Waals surface area contributed by atoms with E-state index in [1.54, 1.807) is 11.0 Å². The molecule has 23 heavy (non-hydrogen) atoms. The van der Waals surface area contributed by atoms with Gasteiger partial charge in [-0.05, 0) is 49.3 Å². The number of benzene rings is 1. The largest absolute Gasteiger partial charge is 0.481 e. The van der Waals surface area contributed by atoms with Crippen molar-refractivity contribution in [1.82, 2.24) is 10.2 Å². The van der Waals surface area contributed by atoms with E-state index in [4.69, 9.17) is 5.11 Å². The average Bonchev–Trinajstić information content (AvgIpc) is 2.56. The molecule has 0 radical (unpaired) electrons. The predicted octanol–water partition coefficient (Wildman–Crippen LogP) is 2.71. The molecule has 2 N–H and O–H groups in total. The third kappa shape index (κ3) is 3.30. The highest BCUT2D eigenvalue weighted by atomic mass is 19.1. The summed E-state index contributed by atoms with van der Waals surface area (Å²) in [4.78, 5) is 25.1. The number of nitrogens with zero attached hydrogens (tertiary/aromatic N) is 1. The molecule has 2 amide bonds. The van der Waals surface area contributed by atoms with Crippen LogP contribution in [0, 0.1) is 11.7 Å². The Labute approximate surface area is 134 Å². The number of amides is 2. The second kappa shape index (κ2) is 6.56. The molecule has 2 atom stereocenters. The minimum Gasteiger partial charge on any atom is -0.481 e. The molecule has 0 saturated carbocycles. The average molecular weight is 320 g/mol. The van der Waals surface area contributed by atoms with Crippen molar-refractivity contribution in [2.45, 2.75) is 38.1 Å². The maximum absolute atomic E-state index is 13.9. The Balaban J connectivity index is 1.69. The first-order chi connectivity index (χ1) is 11.1. The number of aliphatic carboxylic acids is 1. The first-order valence-electron chi connectivity index (χ1n) is 8.12. The van der Waals surface area contributed by atoms with Crippen LogP contribution in [0.25, 0.3) is 0 Å². The van der Waals surface area contributed by atoms with Gasteiger partial charge in [0.25, 0.3) is 0 Å². The van der Waals surface area contributed by atoms with Crippen LogP contribution in [0.1, 0.15) is 42.9 Å². The first kappa shape index (κ1) is 15.8. The van der Waals surface area contributed by atoms with Gasteiger partial charge in [0.05, 0.1) is 12.0 Å². The van der Waals surface area contributed by atoms with Gasteiger partial charge in [0.15, 0.2) is 0 Å². The highest BCUT2D eigenvalue weighted by molar-refractivity contribution is 5.77. The van der Waals surface area contributed by atoms with Crippen LogP contribution in [-0.2, 0) is 11.2 Å². The van der Waals surface area contributed by atoms with Crippen molar-refractivity contribution in [2.24, 2.45) is 5.92 Å². The summed E-state index contributed by atoms with van der Waals surface area (Å²) < 4.78 is 13.9. The molecule has 3 rings (SSSR count). The van der Waals surface area contributed by atoms with E-state index < -0.39 is 11.9 Å². The maximum Gasteiger partial charge on any atom is 0.317 e. The fourth-order valence-corrected chi connectivity index (χ4v) is 3.56. The molecule has 0 aromatic heterocycles. The molecular formula is C17H21FN2O3. The molecule has 2 aliphatic rings. The number of piperidine rings is 1. The summed E-state index contributed by atoms with van der Waals surface area (Å²) in [6.45, 7) is 0.808. The highest BCUT2D eigenvalue weighted by Crippen LogP contribution is 2.31. The lowest BCUT2D eigenvalue weighted by molar-refractivity contribution is -0.143. The van der Waals surface area contributed by atoms with E-state index in [2.05, 4.69) is 5.32 Å². The van der Waals surface area contributed by atoms with Crippen LogP contribution in [0.4, 0.5) is 9.18 Å². The molecule has 0 bridgehead atoms. The summed E-state index contributed by atoms with van der Waals surface area (Å²) in [6.07, 6.45) is 3.60. The third-order valence-corrected chi connectivity index (χ3v) is 4.81. The molecule has 1 aromatic carbocycles. The summed E-state index contributed by atoms with van der Waals surface area (Å²) in [6, 6.07) is 4.52. The lowest BCUT2D eigenvalue weighted by Crippen LogP contribution is -2.48. The number of carboxylic acid groups (broad SMARTS) is 1. The van der Waals surface area contributed by atoms with E-state index in [1.807, 2.05) is 6.07 Å². The van der Waals surface area contributed by atoms with E-state index in [0.29, 0.717) is 31.4 Å². The van der Waals surface area contributed by atoms with Crippen molar-refractivity contribution in [3.05, 3.63) is 35.1 Å². The molecule has 1 aliphatic heterocycles. The lowest BCUT2D eigenvalue weighted by Gasteiger charge is -2.33. The first-order valence-corrected chi connectivity index (χ1v) is 8.12. The van der Waals surface area contributed by atoms with Crippen LogP contribution >= 0.6 is 0 Å². The zero-order chi connectivity index (χ0) is 16.4. The minimum atomic E-state index is -0.854. The summed E-state index contributed by atoms with van der Waals surface area (Å²) >= 11 is 0. The zero-order valence-corrected chi connectivity index (χ0v) is 12.9. The molecule has 5 nitrogen and oxygen atoms in total. The zero-order valence-electron chi connectivity index (χ0n) is 12.9. The molecule has 2 unspecified atom stereocenters. The van der Waals surface area contributed by atoms with Gasteiger partial charge in [-0.1, -0.05) is 12.1 Å². The molecule has 6 heteroatoms. The predicted molar refractivity (Wildman–Crippen MR) is 82.5 cm³/mol. The summed E-state index contributed by atoms with van der Waals surface area (Å²) in [5.74, 6) is -1.57. The second-order valence-corrected chi connectivity index (χ2v) is 6.33. The van der Waals surface area contributed by atoms with Crippen LogP contribution < -0.4 is 5.32 Å². The van der Waals surface area contributed by atoms with Gasteiger partial charge in [0.1, 0.15) is 5.82 Å². The topological polar surface area (TPSA) is 69.6 Å². The van der Waals surface area contributed by atoms with Gasteiger partial charge < -0.3 is 15.3 Å². The number of carbonyl (C=O) groups excluding carboxylic acids is 1. The lowest BCUT2D eigenvalue weighted by atomic mass is 9.87. The van der Waals surface area contributed by atoms with E-state index in [-0.39, 0.29) is 24.4 Å². The Morgan fingerprint density at radius 1 is 1.26 bits per heavy atom. The maximum atomic E-state index is 13.9. The number of carboxylic acids is 1. The van der Waals surface area contributed by atoms with E-state index >= 15 is 0 Å². The summed E-state index contributed by atoms with van der Waals surface area (Å²) in [7, 11) is 0. The molecule has 1 aliphatic carbocycles. The molecule has 1 saturated heterocycles. The van der Waals surface area contributed by atoms with Crippen LogP contribution in [0.15, 0.2) is 18.2 Å². The van der Waals surface area contributed by atoms with Gasteiger partial charge in [-0.3, -0.25) is 4.79 Å². The Hall–Kier alpha value is -2.11. The fraction of sp³-hybridized carbons (Fsp3) is 0.529. The Bertz CT molecular complexity index is 620. The number of nitrogens with one attached hydrogen (secondary N) is 1. The molecule has 124 valence electrons. The molecule has 1 fully saturated rings. The van der Waals surface area contributed by atoms with E-state index in [0.717, 1.165) is 18.4 Å². The number of urea groups is 1. The van der Waals surface area contributed by atoms with Crippen molar-refractivity contribution >= 4 is 12.0 Å². The smallest absolute Gasteiger partial charge is 0.317 e. The van der Waals surface area contributed by atoms with Gasteiger partial charge >= 0.3 is 12.0 Å². The van der Waals surface area contributed by atoms with Crippen molar-refractivity contribution in [2.75, 3.05) is 13.1 Å². The summed E-state index contributed by atoms with van der Waals surface area (Å²) in [5.41, 5.74) is 1.53. The molecule has 0 spiro atoms. The normalized spacial score (nSPS) is 24.0. The number of likely N-dealkylation sites (tertiary alicyclic amines) is 1.